The minimum atomic E-state index is -3.93. The molecule has 2 aromatic carbocycles. The summed E-state index contributed by atoms with van der Waals surface area (Å²) in [5.74, 6) is 0.154. The van der Waals surface area contributed by atoms with Crippen molar-refractivity contribution in [2.45, 2.75) is 38.0 Å². The lowest BCUT2D eigenvalue weighted by Crippen LogP contribution is -2.13. The van der Waals surface area contributed by atoms with Gasteiger partial charge in [-0.05, 0) is 42.2 Å². The molecule has 0 spiro atoms. The summed E-state index contributed by atoms with van der Waals surface area (Å²) >= 11 is 0. The van der Waals surface area contributed by atoms with Crippen LogP contribution in [0.2, 0.25) is 0 Å². The van der Waals surface area contributed by atoms with Crippen LogP contribution in [0.5, 0.6) is 5.75 Å². The number of carbonyl (C=O) groups excluding carboxylic acids is 1. The third-order valence-corrected chi connectivity index (χ3v) is 4.72. The first-order valence-electron chi connectivity index (χ1n) is 7.26. The first-order valence-corrected chi connectivity index (χ1v) is 8.66. The maximum atomic E-state index is 12.3. The second-order valence-corrected chi connectivity index (χ2v) is 7.94. The van der Waals surface area contributed by atoms with Crippen LogP contribution in [0.25, 0.3) is 0 Å². The Labute approximate surface area is 137 Å². The average molecular weight is 332 g/mol. The van der Waals surface area contributed by atoms with Crippen LogP contribution >= 0.6 is 0 Å². The van der Waals surface area contributed by atoms with E-state index in [0.29, 0.717) is 5.56 Å². The number of rotatable bonds is 4. The summed E-state index contributed by atoms with van der Waals surface area (Å²) in [6.07, 6.45) is 0. The van der Waals surface area contributed by atoms with Crippen molar-refractivity contribution in [3.8, 4) is 5.75 Å². The van der Waals surface area contributed by atoms with E-state index in [-0.39, 0.29) is 21.8 Å². The zero-order chi connectivity index (χ0) is 17.3. The minimum Gasteiger partial charge on any atom is -0.379 e. The van der Waals surface area contributed by atoms with E-state index in [1.54, 1.807) is 18.2 Å². The molecule has 0 aliphatic heterocycles. The highest BCUT2D eigenvalue weighted by molar-refractivity contribution is 7.87. The normalized spacial score (nSPS) is 12.0. The molecule has 2 rings (SSSR count). The molecule has 0 atom stereocenters. The van der Waals surface area contributed by atoms with Gasteiger partial charge in [-0.2, -0.15) is 8.42 Å². The summed E-state index contributed by atoms with van der Waals surface area (Å²) in [7, 11) is -3.93. The molecule has 0 aliphatic carbocycles. The molecular weight excluding hydrogens is 312 g/mol. The first-order chi connectivity index (χ1) is 10.6. The minimum absolute atomic E-state index is 0.0173. The van der Waals surface area contributed by atoms with Crippen molar-refractivity contribution in [3.63, 3.8) is 0 Å². The number of hydrogen-bond acceptors (Lipinski definition) is 4. The summed E-state index contributed by atoms with van der Waals surface area (Å²) in [6.45, 7) is 7.56. The fourth-order valence-corrected chi connectivity index (χ4v) is 2.97. The van der Waals surface area contributed by atoms with Gasteiger partial charge in [0.25, 0.3) is 0 Å². The molecule has 0 saturated heterocycles. The van der Waals surface area contributed by atoms with Gasteiger partial charge >= 0.3 is 10.1 Å². The van der Waals surface area contributed by atoms with Gasteiger partial charge in [-0.1, -0.05) is 45.0 Å². The van der Waals surface area contributed by atoms with Crippen LogP contribution in [-0.4, -0.2) is 14.2 Å². The Morgan fingerprint density at radius 3 is 2.13 bits per heavy atom. The molecule has 122 valence electrons. The Morgan fingerprint density at radius 2 is 1.61 bits per heavy atom. The van der Waals surface area contributed by atoms with Crippen molar-refractivity contribution in [1.82, 2.24) is 0 Å². The molecule has 0 N–H and O–H groups in total. The van der Waals surface area contributed by atoms with Gasteiger partial charge in [-0.15, -0.1) is 0 Å². The van der Waals surface area contributed by atoms with Crippen LogP contribution in [0.15, 0.2) is 53.4 Å². The molecule has 0 aromatic heterocycles. The lowest BCUT2D eigenvalue weighted by molar-refractivity contribution is 0.101. The van der Waals surface area contributed by atoms with E-state index >= 15 is 0 Å². The SMILES string of the molecule is CC(=O)c1ccc(S(=O)(=O)Oc2cccc(C(C)(C)C)c2)cc1. The van der Waals surface area contributed by atoms with Gasteiger partial charge in [-0.25, -0.2) is 0 Å². The lowest BCUT2D eigenvalue weighted by Gasteiger charge is -2.19. The second-order valence-electron chi connectivity index (χ2n) is 6.40. The number of carbonyl (C=O) groups is 1. The maximum Gasteiger partial charge on any atom is 0.339 e. The maximum absolute atomic E-state index is 12.3. The van der Waals surface area contributed by atoms with E-state index in [1.165, 1.54) is 31.2 Å². The van der Waals surface area contributed by atoms with Crippen molar-refractivity contribution in [2.75, 3.05) is 0 Å². The van der Waals surface area contributed by atoms with Crippen molar-refractivity contribution >= 4 is 15.9 Å². The smallest absolute Gasteiger partial charge is 0.339 e. The Balaban J connectivity index is 2.29. The van der Waals surface area contributed by atoms with E-state index in [0.717, 1.165) is 5.56 Å². The van der Waals surface area contributed by atoms with Gasteiger partial charge in [0.2, 0.25) is 0 Å². The number of hydrogen-bond donors (Lipinski definition) is 0. The quantitative estimate of drug-likeness (QED) is 0.628. The van der Waals surface area contributed by atoms with Gasteiger partial charge in [-0.3, -0.25) is 4.79 Å². The zero-order valence-corrected chi connectivity index (χ0v) is 14.5. The predicted octanol–water partition coefficient (Wildman–Crippen LogP) is 3.95. The van der Waals surface area contributed by atoms with Crippen LogP contribution in [0.3, 0.4) is 0 Å². The molecule has 0 amide bonds. The fourth-order valence-electron chi connectivity index (χ4n) is 2.05. The van der Waals surface area contributed by atoms with Crippen molar-refractivity contribution in [3.05, 3.63) is 59.7 Å². The summed E-state index contributed by atoms with van der Waals surface area (Å²) < 4.78 is 29.9. The molecule has 0 radical (unpaired) electrons. The molecule has 2 aromatic rings. The molecule has 4 nitrogen and oxygen atoms in total. The lowest BCUT2D eigenvalue weighted by atomic mass is 9.87. The molecule has 0 bridgehead atoms. The van der Waals surface area contributed by atoms with Gasteiger partial charge < -0.3 is 4.18 Å². The average Bonchev–Trinajstić information content (AvgIpc) is 2.46. The standard InChI is InChI=1S/C18H20O4S/c1-13(19)14-8-10-17(11-9-14)23(20,21)22-16-7-5-6-15(12-16)18(2,3)4/h5-12H,1-4H3. The highest BCUT2D eigenvalue weighted by atomic mass is 32.2. The van der Waals surface area contributed by atoms with Gasteiger partial charge in [0, 0.05) is 5.56 Å². The monoisotopic (exact) mass is 332 g/mol. The van der Waals surface area contributed by atoms with Crippen LogP contribution in [0, 0.1) is 0 Å². The molecule has 5 heteroatoms. The third-order valence-electron chi connectivity index (χ3n) is 3.46. The van der Waals surface area contributed by atoms with E-state index < -0.39 is 10.1 Å². The van der Waals surface area contributed by atoms with Crippen LogP contribution in [0.4, 0.5) is 0 Å². The highest BCUT2D eigenvalue weighted by Crippen LogP contribution is 2.27. The molecule has 0 saturated carbocycles. The number of ketones is 1. The van der Waals surface area contributed by atoms with E-state index in [9.17, 15) is 13.2 Å². The summed E-state index contributed by atoms with van der Waals surface area (Å²) in [5.41, 5.74) is 1.34. The van der Waals surface area contributed by atoms with Gasteiger partial charge in [0.1, 0.15) is 10.6 Å². The summed E-state index contributed by atoms with van der Waals surface area (Å²) in [5, 5.41) is 0. The molecule has 0 aliphatic rings. The largest absolute Gasteiger partial charge is 0.379 e. The van der Waals surface area contributed by atoms with Crippen LogP contribution in [0.1, 0.15) is 43.6 Å². The number of benzene rings is 2. The Bertz CT molecular complexity index is 813. The van der Waals surface area contributed by atoms with Gasteiger partial charge in [0.05, 0.1) is 0 Å². The van der Waals surface area contributed by atoms with Crippen molar-refractivity contribution < 1.29 is 17.4 Å². The zero-order valence-electron chi connectivity index (χ0n) is 13.7. The predicted molar refractivity (Wildman–Crippen MR) is 89.4 cm³/mol. The first kappa shape index (κ1) is 17.2. The molecule has 23 heavy (non-hydrogen) atoms. The molecular formula is C18H20O4S. The van der Waals surface area contributed by atoms with Crippen molar-refractivity contribution in [1.29, 1.82) is 0 Å². The Hall–Kier alpha value is -2.14. The number of Topliss-reactive ketones (excluding diaryl/α,β-unsaturated/α-hetero) is 1. The highest BCUT2D eigenvalue weighted by Gasteiger charge is 2.19. The topological polar surface area (TPSA) is 60.4 Å². The third kappa shape index (κ3) is 4.20. The summed E-state index contributed by atoms with van der Waals surface area (Å²) in [4.78, 5) is 11.3. The Kier molecular flexibility index (Phi) is 4.61. The van der Waals surface area contributed by atoms with Crippen molar-refractivity contribution in [2.24, 2.45) is 0 Å². The second kappa shape index (κ2) is 6.16. The van der Waals surface area contributed by atoms with Crippen LogP contribution < -0.4 is 4.18 Å². The van der Waals surface area contributed by atoms with E-state index in [1.807, 2.05) is 26.8 Å². The Morgan fingerprint density at radius 1 is 1.00 bits per heavy atom. The molecule has 0 unspecified atom stereocenters. The van der Waals surface area contributed by atoms with Crippen LogP contribution in [-0.2, 0) is 15.5 Å². The van der Waals surface area contributed by atoms with Gasteiger partial charge in [0.15, 0.2) is 5.78 Å². The summed E-state index contributed by atoms with van der Waals surface area (Å²) in [6, 6.07) is 12.7. The van der Waals surface area contributed by atoms with E-state index in [4.69, 9.17) is 4.18 Å². The molecule has 0 fully saturated rings. The molecule has 0 heterocycles. The van der Waals surface area contributed by atoms with E-state index in [2.05, 4.69) is 0 Å². The fraction of sp³-hybridized carbons (Fsp3) is 0.278.